The van der Waals surface area contributed by atoms with Crippen LogP contribution in [0.4, 0.5) is 0 Å². The molecule has 4 unspecified atom stereocenters. The van der Waals surface area contributed by atoms with Crippen molar-refractivity contribution in [3.8, 4) is 0 Å². The van der Waals surface area contributed by atoms with E-state index in [4.69, 9.17) is 23.7 Å². The first-order valence-electron chi connectivity index (χ1n) is 28.5. The van der Waals surface area contributed by atoms with Crippen LogP contribution < -0.4 is 5.32 Å². The first kappa shape index (κ1) is 69.1. The maximum atomic E-state index is 14.5. The van der Waals surface area contributed by atoms with Crippen molar-refractivity contribution in [3.63, 3.8) is 0 Å². The molecule has 0 aromatic heterocycles. The molecule has 24 heteroatoms. The Hall–Kier alpha value is -3.68. The van der Waals surface area contributed by atoms with Gasteiger partial charge in [0.1, 0.15) is 30.5 Å². The lowest BCUT2D eigenvalue weighted by Crippen LogP contribution is -2.69. The number of cyclic esters (lactones) is 1. The molecule has 0 spiro atoms. The summed E-state index contributed by atoms with van der Waals surface area (Å²) in [6.07, 6.45) is -2.63. The average molecular weight is 1170 g/mol. The predicted octanol–water partition coefficient (Wildman–Crippen LogP) is -2.17. The Morgan fingerprint density at radius 2 is 1.24 bits per heavy atom. The van der Waals surface area contributed by atoms with Crippen LogP contribution in [-0.2, 0) is 33.3 Å². The van der Waals surface area contributed by atoms with Gasteiger partial charge in [-0.15, -0.1) is 0 Å². The molecule has 2 bridgehead atoms. The standard InChI is InChI=1S/C58H93N3O21/c1-34-18-16-14-12-10-8-6-7-9-11-13-15-17-19-41(81-56-53(73)49(51(71)37(4)80-56)59-33-58(77)54(74)52(72)45(68)32-78-58)29-46-48(55(75)61-24-22-60(5)23-25-61)44(67)31-57(76,82-46)30-40(64)27-43(66)42(65)21-20-38(62)26-39(63)28-47(69)79-36(3)35(2)50(34)70/h6-19,34-46,48-54,56,59,62-68,70-74,76-77H,20-33H2,1-5H3/b7-6+,10-8+,11-9+,14-12+,15-13+,18-16+,19-17+/t34-,35?,36-,37+,38+,39+,40-,41-,42+,43+,44-,45+,46?,48?,49-,50+,51+,52-,53-,54-,56?,57+,58+/m0/s1. The van der Waals surface area contributed by atoms with Crippen molar-refractivity contribution in [2.24, 2.45) is 17.8 Å². The van der Waals surface area contributed by atoms with E-state index in [1.54, 1.807) is 97.7 Å². The number of nitrogens with one attached hydrogen (secondary N) is 1. The van der Waals surface area contributed by atoms with Gasteiger partial charge in [0.25, 0.3) is 0 Å². The van der Waals surface area contributed by atoms with Crippen molar-refractivity contribution in [1.29, 1.82) is 0 Å². The van der Waals surface area contributed by atoms with E-state index in [2.05, 4.69) is 5.32 Å². The number of aliphatic hydroxyl groups is 14. The van der Waals surface area contributed by atoms with Gasteiger partial charge in [-0.05, 0) is 40.2 Å². The summed E-state index contributed by atoms with van der Waals surface area (Å²) in [4.78, 5) is 30.9. The second-order valence-electron chi connectivity index (χ2n) is 22.8. The summed E-state index contributed by atoms with van der Waals surface area (Å²) in [7, 11) is 1.90. The number of allylic oxidation sites excluding steroid dienone is 12. The van der Waals surface area contributed by atoms with Crippen LogP contribution in [0.25, 0.3) is 0 Å². The first-order chi connectivity index (χ1) is 38.7. The molecule has 0 aliphatic carbocycles. The summed E-state index contributed by atoms with van der Waals surface area (Å²) in [6, 6.07) is -1.33. The van der Waals surface area contributed by atoms with Crippen LogP contribution in [0.2, 0.25) is 0 Å². The first-order valence-corrected chi connectivity index (χ1v) is 28.5. The number of carbonyl (C=O) groups excluding carboxylic acids is 2. The van der Waals surface area contributed by atoms with Crippen molar-refractivity contribution in [2.75, 3.05) is 46.4 Å². The quantitative estimate of drug-likeness (QED) is 0.126. The fourth-order valence-electron chi connectivity index (χ4n) is 10.7. The molecule has 0 aromatic rings. The summed E-state index contributed by atoms with van der Waals surface area (Å²) >= 11 is 0. The fraction of sp³-hybridized carbons (Fsp3) is 0.724. The maximum absolute atomic E-state index is 14.5. The number of likely N-dealkylation sites (N-methyl/N-ethyl adjacent to an activating group) is 1. The zero-order valence-corrected chi connectivity index (χ0v) is 47.6. The molecule has 4 fully saturated rings. The van der Waals surface area contributed by atoms with Gasteiger partial charge in [0.2, 0.25) is 11.7 Å². The lowest BCUT2D eigenvalue weighted by Gasteiger charge is -2.48. The van der Waals surface area contributed by atoms with Crippen LogP contribution in [0, 0.1) is 17.8 Å². The summed E-state index contributed by atoms with van der Waals surface area (Å²) in [6.45, 7) is 7.20. The molecular weight excluding hydrogens is 1070 g/mol. The Kier molecular flexibility index (Phi) is 27.6. The van der Waals surface area contributed by atoms with Gasteiger partial charge in [-0.3, -0.25) is 9.59 Å². The van der Waals surface area contributed by atoms with E-state index in [0.717, 1.165) is 0 Å². The Morgan fingerprint density at radius 3 is 1.87 bits per heavy atom. The van der Waals surface area contributed by atoms with Gasteiger partial charge >= 0.3 is 5.97 Å². The summed E-state index contributed by atoms with van der Waals surface area (Å²) < 4.78 is 29.6. The predicted molar refractivity (Wildman–Crippen MR) is 296 cm³/mol. The van der Waals surface area contributed by atoms with Gasteiger partial charge in [-0.2, -0.15) is 0 Å². The van der Waals surface area contributed by atoms with Crippen molar-refractivity contribution < 1.29 is 105 Å². The Balaban J connectivity index is 1.43. The number of esters is 1. The molecular formula is C58H93N3O21. The molecule has 5 aliphatic heterocycles. The van der Waals surface area contributed by atoms with E-state index in [1.165, 1.54) is 6.92 Å². The fourth-order valence-corrected chi connectivity index (χ4v) is 10.7. The second-order valence-corrected chi connectivity index (χ2v) is 22.8. The molecule has 5 heterocycles. The second kappa shape index (κ2) is 32.7. The number of hydrogen-bond donors (Lipinski definition) is 15. The molecule has 5 aliphatic rings. The molecule has 1 amide bonds. The van der Waals surface area contributed by atoms with Crippen molar-refractivity contribution in [3.05, 3.63) is 85.1 Å². The topological polar surface area (TPSA) is 382 Å². The van der Waals surface area contributed by atoms with Gasteiger partial charge in [0.15, 0.2) is 12.1 Å². The molecule has 4 saturated heterocycles. The number of rotatable bonds is 6. The van der Waals surface area contributed by atoms with Crippen LogP contribution in [0.5, 0.6) is 0 Å². The number of piperazine rings is 1. The molecule has 0 aromatic carbocycles. The van der Waals surface area contributed by atoms with Gasteiger partial charge in [-0.25, -0.2) is 0 Å². The minimum atomic E-state index is -2.46. The zero-order chi connectivity index (χ0) is 60.5. The number of ether oxygens (including phenoxy) is 5. The highest BCUT2D eigenvalue weighted by Crippen LogP contribution is 2.39. The highest BCUT2D eigenvalue weighted by Gasteiger charge is 2.53. The number of nitrogens with zero attached hydrogens (tertiary/aromatic N) is 2. The van der Waals surface area contributed by atoms with Gasteiger partial charge in [0.05, 0.1) is 98.7 Å². The van der Waals surface area contributed by atoms with E-state index in [9.17, 15) is 81.1 Å². The molecule has 15 N–H and O–H groups in total. The highest BCUT2D eigenvalue weighted by molar-refractivity contribution is 5.80. The van der Waals surface area contributed by atoms with Crippen LogP contribution in [0.1, 0.15) is 79.1 Å². The van der Waals surface area contributed by atoms with Crippen LogP contribution in [-0.4, -0.2) is 261 Å². The summed E-state index contributed by atoms with van der Waals surface area (Å²) in [5.41, 5.74) is 0. The average Bonchev–Trinajstić information content (AvgIpc) is 3.58. The number of aliphatic hydroxyl groups excluding tert-OH is 12. The van der Waals surface area contributed by atoms with Gasteiger partial charge in [-0.1, -0.05) is 98.9 Å². The number of carbonyl (C=O) groups is 2. The molecule has 23 atom stereocenters. The summed E-state index contributed by atoms with van der Waals surface area (Å²) in [5.74, 6) is -8.12. The number of fused-ring (bicyclic) bond motifs is 2. The monoisotopic (exact) mass is 1170 g/mol. The van der Waals surface area contributed by atoms with Gasteiger partial charge < -0.3 is 110 Å². The van der Waals surface area contributed by atoms with E-state index >= 15 is 0 Å². The molecule has 82 heavy (non-hydrogen) atoms. The van der Waals surface area contributed by atoms with Crippen molar-refractivity contribution >= 4 is 11.9 Å². The molecule has 0 radical (unpaired) electrons. The van der Waals surface area contributed by atoms with E-state index in [0.29, 0.717) is 26.2 Å². The lowest BCUT2D eigenvalue weighted by atomic mass is 9.81. The smallest absolute Gasteiger partial charge is 0.308 e. The minimum Gasteiger partial charge on any atom is -0.462 e. The van der Waals surface area contributed by atoms with Crippen LogP contribution in [0.15, 0.2) is 85.1 Å². The molecule has 0 saturated carbocycles. The van der Waals surface area contributed by atoms with Crippen LogP contribution >= 0.6 is 0 Å². The third kappa shape index (κ3) is 20.5. The van der Waals surface area contributed by atoms with Crippen molar-refractivity contribution in [2.45, 2.75) is 201 Å². The third-order valence-electron chi connectivity index (χ3n) is 16.1. The number of hydrogen-bond acceptors (Lipinski definition) is 23. The molecule has 5 rings (SSSR count). The third-order valence-corrected chi connectivity index (χ3v) is 16.1. The van der Waals surface area contributed by atoms with E-state index in [1.807, 2.05) is 24.9 Å². The van der Waals surface area contributed by atoms with Crippen LogP contribution in [0.3, 0.4) is 0 Å². The molecule has 24 nitrogen and oxygen atoms in total. The van der Waals surface area contributed by atoms with E-state index < -0.39 is 184 Å². The van der Waals surface area contributed by atoms with Gasteiger partial charge in [0, 0.05) is 63.7 Å². The minimum absolute atomic E-state index is 0.124. The normalized spacial score (nSPS) is 45.6. The molecule has 466 valence electrons. The highest BCUT2D eigenvalue weighted by atomic mass is 16.7. The number of amides is 1. The Labute approximate surface area is 480 Å². The Bertz CT molecular complexity index is 2170. The largest absolute Gasteiger partial charge is 0.462 e. The van der Waals surface area contributed by atoms with E-state index in [-0.39, 0.29) is 31.6 Å². The SMILES string of the molecule is CC1[C@H](C)OC(=O)C[C@H](O)C[C@H](O)CC[C@@H](O)[C@H](O)C[C@H](O)C[C@]2(O)C[C@H](O)C(C(=O)N3CCN(C)CC3)C(C[C@@H](OC3O[C@H](C)[C@@H](O)[C@H](NC[C@@]4(O)OC[C@@H](O)[C@H](O)[C@@H]4O)[C@@H]3O)/C=C/C=C/C=C/C=C/C=C/C=C/C=C/[C@H](C)[C@H]1O)O2. The van der Waals surface area contributed by atoms with Crippen molar-refractivity contribution in [1.82, 2.24) is 15.1 Å². The summed E-state index contributed by atoms with van der Waals surface area (Å²) in [5, 5.41) is 157. The zero-order valence-electron chi connectivity index (χ0n) is 47.6. The lowest BCUT2D eigenvalue weighted by molar-refractivity contribution is -0.323. The Morgan fingerprint density at radius 1 is 0.646 bits per heavy atom. The maximum Gasteiger partial charge on any atom is 0.308 e.